The van der Waals surface area contributed by atoms with Gasteiger partial charge in [0.15, 0.2) is 0 Å². The SMILES string of the molecule is CCc1nc(CCNC2CCC2)sc1C. The maximum Gasteiger partial charge on any atom is 0.0943 e. The van der Waals surface area contributed by atoms with Crippen LogP contribution in [0.4, 0.5) is 0 Å². The Morgan fingerprint density at radius 2 is 2.27 bits per heavy atom. The Kier molecular flexibility index (Phi) is 3.76. The van der Waals surface area contributed by atoms with Gasteiger partial charge in [-0.2, -0.15) is 0 Å². The van der Waals surface area contributed by atoms with E-state index < -0.39 is 0 Å². The van der Waals surface area contributed by atoms with Crippen LogP contribution in [-0.4, -0.2) is 17.6 Å². The van der Waals surface area contributed by atoms with E-state index in [9.17, 15) is 0 Å². The lowest BCUT2D eigenvalue weighted by atomic mass is 9.93. The molecule has 0 saturated heterocycles. The van der Waals surface area contributed by atoms with Crippen molar-refractivity contribution >= 4 is 11.3 Å². The van der Waals surface area contributed by atoms with Gasteiger partial charge in [-0.25, -0.2) is 4.98 Å². The summed E-state index contributed by atoms with van der Waals surface area (Å²) in [5.74, 6) is 0. The van der Waals surface area contributed by atoms with Crippen molar-refractivity contribution in [1.82, 2.24) is 10.3 Å². The van der Waals surface area contributed by atoms with Crippen molar-refractivity contribution in [3.8, 4) is 0 Å². The van der Waals surface area contributed by atoms with Gasteiger partial charge in [0.2, 0.25) is 0 Å². The summed E-state index contributed by atoms with van der Waals surface area (Å²) in [7, 11) is 0. The first-order valence-corrected chi connectivity index (χ1v) is 6.79. The van der Waals surface area contributed by atoms with E-state index >= 15 is 0 Å². The molecule has 1 heterocycles. The summed E-state index contributed by atoms with van der Waals surface area (Å²) in [5, 5.41) is 4.88. The number of hydrogen-bond donors (Lipinski definition) is 1. The third-order valence-corrected chi connectivity index (χ3v) is 4.22. The first-order valence-electron chi connectivity index (χ1n) is 5.98. The van der Waals surface area contributed by atoms with Gasteiger partial charge in [-0.05, 0) is 26.2 Å². The number of nitrogens with zero attached hydrogens (tertiary/aromatic N) is 1. The largest absolute Gasteiger partial charge is 0.314 e. The molecule has 2 nitrogen and oxygen atoms in total. The number of rotatable bonds is 5. The van der Waals surface area contributed by atoms with Crippen LogP contribution in [0.1, 0.15) is 41.8 Å². The molecular weight excluding hydrogens is 204 g/mol. The quantitative estimate of drug-likeness (QED) is 0.832. The minimum Gasteiger partial charge on any atom is -0.314 e. The topological polar surface area (TPSA) is 24.9 Å². The van der Waals surface area contributed by atoms with E-state index in [-0.39, 0.29) is 0 Å². The van der Waals surface area contributed by atoms with Gasteiger partial charge in [0.25, 0.3) is 0 Å². The zero-order chi connectivity index (χ0) is 10.7. The van der Waals surface area contributed by atoms with Crippen molar-refractivity contribution in [2.24, 2.45) is 0 Å². The molecule has 2 rings (SSSR count). The summed E-state index contributed by atoms with van der Waals surface area (Å²) in [5.41, 5.74) is 1.29. The number of aromatic nitrogens is 1. The minimum absolute atomic E-state index is 0.803. The van der Waals surface area contributed by atoms with Crippen molar-refractivity contribution < 1.29 is 0 Å². The van der Waals surface area contributed by atoms with E-state index in [1.54, 1.807) is 0 Å². The molecule has 1 aliphatic rings. The summed E-state index contributed by atoms with van der Waals surface area (Å²) in [6.45, 7) is 5.46. The van der Waals surface area contributed by atoms with Crippen LogP contribution in [0.5, 0.6) is 0 Å². The lowest BCUT2D eigenvalue weighted by Crippen LogP contribution is -2.36. The molecular formula is C12H20N2S. The Hall–Kier alpha value is -0.410. The van der Waals surface area contributed by atoms with Crippen LogP contribution in [0.15, 0.2) is 0 Å². The molecule has 1 aliphatic carbocycles. The first kappa shape index (κ1) is 11.1. The molecule has 84 valence electrons. The fourth-order valence-corrected chi connectivity index (χ4v) is 2.94. The van der Waals surface area contributed by atoms with Gasteiger partial charge in [-0.3, -0.25) is 0 Å². The zero-order valence-electron chi connectivity index (χ0n) is 9.68. The molecule has 0 aromatic carbocycles. The Morgan fingerprint density at radius 3 is 2.80 bits per heavy atom. The van der Waals surface area contributed by atoms with Crippen LogP contribution >= 0.6 is 11.3 Å². The molecule has 3 heteroatoms. The average molecular weight is 224 g/mol. The fourth-order valence-electron chi connectivity index (χ4n) is 1.92. The molecule has 0 radical (unpaired) electrons. The molecule has 1 fully saturated rings. The number of aryl methyl sites for hydroxylation is 2. The van der Waals surface area contributed by atoms with Crippen molar-refractivity contribution in [1.29, 1.82) is 0 Å². The average Bonchev–Trinajstić information content (AvgIpc) is 2.51. The lowest BCUT2D eigenvalue weighted by Gasteiger charge is -2.26. The molecule has 0 bridgehead atoms. The number of nitrogens with one attached hydrogen (secondary N) is 1. The van der Waals surface area contributed by atoms with Gasteiger partial charge in [0.05, 0.1) is 10.7 Å². The van der Waals surface area contributed by atoms with Gasteiger partial charge in [0.1, 0.15) is 0 Å². The van der Waals surface area contributed by atoms with Crippen molar-refractivity contribution in [2.75, 3.05) is 6.54 Å². The van der Waals surface area contributed by atoms with Gasteiger partial charge in [-0.15, -0.1) is 11.3 Å². The van der Waals surface area contributed by atoms with Gasteiger partial charge in [-0.1, -0.05) is 13.3 Å². The Morgan fingerprint density at radius 1 is 1.47 bits per heavy atom. The maximum atomic E-state index is 4.65. The summed E-state index contributed by atoms with van der Waals surface area (Å²) in [4.78, 5) is 6.05. The molecule has 1 aromatic heterocycles. The van der Waals surface area contributed by atoms with Crippen molar-refractivity contribution in [3.05, 3.63) is 15.6 Å². The van der Waals surface area contributed by atoms with E-state index in [0.717, 1.165) is 25.4 Å². The predicted molar refractivity (Wildman–Crippen MR) is 65.6 cm³/mol. The monoisotopic (exact) mass is 224 g/mol. The van der Waals surface area contributed by atoms with Crippen LogP contribution in [0, 0.1) is 6.92 Å². The van der Waals surface area contributed by atoms with Crippen LogP contribution in [0.3, 0.4) is 0 Å². The third kappa shape index (κ3) is 2.79. The van der Waals surface area contributed by atoms with Gasteiger partial charge in [0, 0.05) is 23.9 Å². The van der Waals surface area contributed by atoms with E-state index in [2.05, 4.69) is 24.1 Å². The molecule has 1 N–H and O–H groups in total. The maximum absolute atomic E-state index is 4.65. The standard InChI is InChI=1S/C12H20N2S/c1-3-11-9(2)15-12(14-11)7-8-13-10-5-4-6-10/h10,13H,3-8H2,1-2H3. The summed E-state index contributed by atoms with van der Waals surface area (Å²) < 4.78 is 0. The van der Waals surface area contributed by atoms with E-state index in [4.69, 9.17) is 0 Å². The van der Waals surface area contributed by atoms with Crippen LogP contribution < -0.4 is 5.32 Å². The molecule has 0 unspecified atom stereocenters. The van der Waals surface area contributed by atoms with Crippen molar-refractivity contribution in [3.63, 3.8) is 0 Å². The molecule has 0 spiro atoms. The van der Waals surface area contributed by atoms with Gasteiger partial charge < -0.3 is 5.32 Å². The zero-order valence-corrected chi connectivity index (χ0v) is 10.5. The second-order valence-corrected chi connectivity index (χ2v) is 5.58. The highest BCUT2D eigenvalue weighted by atomic mass is 32.1. The highest BCUT2D eigenvalue weighted by molar-refractivity contribution is 7.11. The predicted octanol–water partition coefficient (Wildman–Crippen LogP) is 2.70. The fraction of sp³-hybridized carbons (Fsp3) is 0.750. The van der Waals surface area contributed by atoms with Crippen LogP contribution in [-0.2, 0) is 12.8 Å². The van der Waals surface area contributed by atoms with Gasteiger partial charge >= 0.3 is 0 Å². The molecule has 0 amide bonds. The lowest BCUT2D eigenvalue weighted by molar-refractivity contribution is 0.342. The first-order chi connectivity index (χ1) is 7.29. The van der Waals surface area contributed by atoms with Crippen molar-refractivity contribution in [2.45, 2.75) is 52.0 Å². The van der Waals surface area contributed by atoms with E-state index in [1.165, 1.54) is 34.8 Å². The smallest absolute Gasteiger partial charge is 0.0943 e. The van der Waals surface area contributed by atoms with Crippen LogP contribution in [0.25, 0.3) is 0 Å². The Balaban J connectivity index is 1.77. The Labute approximate surface area is 96.1 Å². The third-order valence-electron chi connectivity index (χ3n) is 3.15. The molecule has 1 aromatic rings. The summed E-state index contributed by atoms with van der Waals surface area (Å²) in [6, 6.07) is 0.803. The normalized spacial score (nSPS) is 16.7. The molecule has 0 atom stereocenters. The summed E-state index contributed by atoms with van der Waals surface area (Å²) in [6.07, 6.45) is 6.32. The number of thiazole rings is 1. The highest BCUT2D eigenvalue weighted by Crippen LogP contribution is 2.20. The minimum atomic E-state index is 0.803. The van der Waals surface area contributed by atoms with Crippen LogP contribution in [0.2, 0.25) is 0 Å². The molecule has 0 aliphatic heterocycles. The van der Waals surface area contributed by atoms with E-state index in [0.29, 0.717) is 0 Å². The molecule has 15 heavy (non-hydrogen) atoms. The molecule has 1 saturated carbocycles. The number of hydrogen-bond acceptors (Lipinski definition) is 3. The van der Waals surface area contributed by atoms with E-state index in [1.807, 2.05) is 11.3 Å². The second-order valence-electron chi connectivity index (χ2n) is 4.30. The second kappa shape index (κ2) is 5.08. The summed E-state index contributed by atoms with van der Waals surface area (Å²) >= 11 is 1.87. The Bertz CT molecular complexity index is 315. The highest BCUT2D eigenvalue weighted by Gasteiger charge is 2.16.